The van der Waals surface area contributed by atoms with Crippen LogP contribution in [0.5, 0.6) is 0 Å². The van der Waals surface area contributed by atoms with Gasteiger partial charge >= 0.3 is 0 Å². The smallest absolute Gasteiger partial charge is 0.255 e. The number of carbonyl (C=O) groups is 1. The highest BCUT2D eigenvalue weighted by atomic mass is 35.5. The minimum Gasteiger partial charge on any atom is -0.349 e. The van der Waals surface area contributed by atoms with Gasteiger partial charge in [0, 0.05) is 17.3 Å². The van der Waals surface area contributed by atoms with Gasteiger partial charge in [-0.25, -0.2) is 9.67 Å². The fraction of sp³-hybridized carbons (Fsp3) is 0.286. The molecule has 140 valence electrons. The Labute approximate surface area is 164 Å². The molecule has 1 amide bonds. The number of amides is 1. The Kier molecular flexibility index (Phi) is 5.91. The number of pyridine rings is 1. The number of hydrogen-bond donors (Lipinski definition) is 1. The first-order valence-corrected chi connectivity index (χ1v) is 9.38. The molecule has 5 nitrogen and oxygen atoms in total. The average molecular weight is 383 g/mol. The second-order valence-corrected chi connectivity index (χ2v) is 7.34. The fourth-order valence-corrected chi connectivity index (χ4v) is 3.33. The number of benzene rings is 1. The molecule has 2 heterocycles. The topological polar surface area (TPSA) is 59.8 Å². The van der Waals surface area contributed by atoms with Crippen LogP contribution < -0.4 is 5.32 Å². The van der Waals surface area contributed by atoms with Gasteiger partial charge in [-0.3, -0.25) is 4.79 Å². The summed E-state index contributed by atoms with van der Waals surface area (Å²) in [4.78, 5) is 17.2. The molecular weight excluding hydrogens is 360 g/mol. The monoisotopic (exact) mass is 382 g/mol. The zero-order valence-corrected chi connectivity index (χ0v) is 16.4. The zero-order valence-electron chi connectivity index (χ0n) is 15.7. The Morgan fingerprint density at radius 2 is 2.00 bits per heavy atom. The van der Waals surface area contributed by atoms with E-state index >= 15 is 0 Å². The van der Waals surface area contributed by atoms with E-state index in [1.54, 1.807) is 17.1 Å². The van der Waals surface area contributed by atoms with E-state index in [1.165, 1.54) is 0 Å². The zero-order chi connectivity index (χ0) is 19.4. The maximum absolute atomic E-state index is 12.9. The Morgan fingerprint density at radius 1 is 1.19 bits per heavy atom. The maximum atomic E-state index is 12.9. The van der Waals surface area contributed by atoms with Crippen molar-refractivity contribution in [2.75, 3.05) is 0 Å². The van der Waals surface area contributed by atoms with E-state index in [9.17, 15) is 4.79 Å². The molecule has 0 fully saturated rings. The van der Waals surface area contributed by atoms with Crippen molar-refractivity contribution in [3.8, 4) is 5.82 Å². The van der Waals surface area contributed by atoms with Gasteiger partial charge in [0.15, 0.2) is 5.82 Å². The summed E-state index contributed by atoms with van der Waals surface area (Å²) in [5.41, 5.74) is 2.51. The molecule has 6 heteroatoms. The first kappa shape index (κ1) is 19.1. The van der Waals surface area contributed by atoms with Crippen LogP contribution in [0.1, 0.15) is 48.3 Å². The van der Waals surface area contributed by atoms with Crippen molar-refractivity contribution in [3.63, 3.8) is 0 Å². The molecule has 1 atom stereocenters. The normalized spacial score (nSPS) is 12.2. The third-order valence-electron chi connectivity index (χ3n) is 4.27. The number of halogens is 1. The van der Waals surface area contributed by atoms with Crippen molar-refractivity contribution in [3.05, 3.63) is 76.7 Å². The number of nitrogens with one attached hydrogen (secondary N) is 1. The van der Waals surface area contributed by atoms with Crippen LogP contribution in [-0.2, 0) is 6.42 Å². The molecule has 1 N–H and O–H groups in total. The van der Waals surface area contributed by atoms with E-state index in [2.05, 4.69) is 15.4 Å². The third kappa shape index (κ3) is 4.55. The maximum Gasteiger partial charge on any atom is 0.255 e. The summed E-state index contributed by atoms with van der Waals surface area (Å²) in [5.74, 6) is 0.695. The summed E-state index contributed by atoms with van der Waals surface area (Å²) < 4.78 is 1.74. The Balaban J connectivity index is 1.79. The van der Waals surface area contributed by atoms with Gasteiger partial charge in [0.2, 0.25) is 0 Å². The summed E-state index contributed by atoms with van der Waals surface area (Å²) in [6.07, 6.45) is 4.04. The van der Waals surface area contributed by atoms with Crippen molar-refractivity contribution in [2.45, 2.75) is 39.2 Å². The summed E-state index contributed by atoms with van der Waals surface area (Å²) >= 11 is 6.04. The van der Waals surface area contributed by atoms with Crippen LogP contribution in [0.15, 0.2) is 54.9 Å². The molecular formula is C21H23ClN4O. The molecule has 0 spiro atoms. The van der Waals surface area contributed by atoms with Crippen LogP contribution in [0, 0.1) is 0 Å². The van der Waals surface area contributed by atoms with Crippen LogP contribution in [0.25, 0.3) is 5.82 Å². The summed E-state index contributed by atoms with van der Waals surface area (Å²) in [5, 5.41) is 8.17. The van der Waals surface area contributed by atoms with Crippen LogP contribution in [0.2, 0.25) is 5.02 Å². The van der Waals surface area contributed by atoms with E-state index < -0.39 is 0 Å². The fourth-order valence-electron chi connectivity index (χ4n) is 3.12. The van der Waals surface area contributed by atoms with E-state index in [0.29, 0.717) is 22.8 Å². The minimum absolute atomic E-state index is 0.0332. The first-order chi connectivity index (χ1) is 13.0. The largest absolute Gasteiger partial charge is 0.349 e. The molecule has 1 unspecified atom stereocenters. The predicted octanol–water partition coefficient (Wildman–Crippen LogP) is 4.41. The lowest BCUT2D eigenvalue weighted by Crippen LogP contribution is -2.34. The number of hydrogen-bond acceptors (Lipinski definition) is 3. The predicted molar refractivity (Wildman–Crippen MR) is 108 cm³/mol. The van der Waals surface area contributed by atoms with Gasteiger partial charge in [-0.05, 0) is 49.1 Å². The van der Waals surface area contributed by atoms with Crippen molar-refractivity contribution < 1.29 is 4.79 Å². The SMILES string of the molecule is CC(Cc1cccc(Cl)c1)NC(=O)c1cnn(-c2ccccn2)c1C(C)C. The molecule has 0 aliphatic rings. The van der Waals surface area contributed by atoms with Crippen molar-refractivity contribution in [2.24, 2.45) is 0 Å². The first-order valence-electron chi connectivity index (χ1n) is 9.00. The van der Waals surface area contributed by atoms with Gasteiger partial charge < -0.3 is 5.32 Å². The molecule has 1 aromatic carbocycles. The van der Waals surface area contributed by atoms with Crippen molar-refractivity contribution in [1.82, 2.24) is 20.1 Å². The Hall–Kier alpha value is -2.66. The lowest BCUT2D eigenvalue weighted by molar-refractivity contribution is 0.0938. The van der Waals surface area contributed by atoms with Crippen LogP contribution in [-0.4, -0.2) is 26.7 Å². The quantitative estimate of drug-likeness (QED) is 0.687. The van der Waals surface area contributed by atoms with Crippen molar-refractivity contribution >= 4 is 17.5 Å². The second-order valence-electron chi connectivity index (χ2n) is 6.91. The van der Waals surface area contributed by atoms with Gasteiger partial charge in [-0.1, -0.05) is 43.6 Å². The number of rotatable bonds is 6. The molecule has 0 radical (unpaired) electrons. The molecule has 27 heavy (non-hydrogen) atoms. The molecule has 0 aliphatic heterocycles. The summed E-state index contributed by atoms with van der Waals surface area (Å²) in [7, 11) is 0. The van der Waals surface area contributed by atoms with Crippen LogP contribution in [0.4, 0.5) is 0 Å². The van der Waals surface area contributed by atoms with Gasteiger partial charge in [-0.15, -0.1) is 0 Å². The minimum atomic E-state index is -0.129. The van der Waals surface area contributed by atoms with Gasteiger partial charge in [-0.2, -0.15) is 5.10 Å². The average Bonchev–Trinajstić information content (AvgIpc) is 3.08. The number of nitrogens with zero attached hydrogens (tertiary/aromatic N) is 3. The molecule has 2 aromatic heterocycles. The molecule has 3 rings (SSSR count). The van der Waals surface area contributed by atoms with Gasteiger partial charge in [0.05, 0.1) is 17.5 Å². The van der Waals surface area contributed by atoms with Crippen LogP contribution >= 0.6 is 11.6 Å². The molecule has 0 bridgehead atoms. The van der Waals surface area contributed by atoms with Gasteiger partial charge in [0.1, 0.15) is 0 Å². The summed E-state index contributed by atoms with van der Waals surface area (Å²) in [6, 6.07) is 13.3. The third-order valence-corrected chi connectivity index (χ3v) is 4.51. The van der Waals surface area contributed by atoms with E-state index in [-0.39, 0.29) is 17.9 Å². The number of carbonyl (C=O) groups excluding carboxylic acids is 1. The van der Waals surface area contributed by atoms with Crippen LogP contribution in [0.3, 0.4) is 0 Å². The highest BCUT2D eigenvalue weighted by Gasteiger charge is 2.22. The molecule has 0 saturated carbocycles. The van der Waals surface area contributed by atoms with Crippen molar-refractivity contribution in [1.29, 1.82) is 0 Å². The highest BCUT2D eigenvalue weighted by molar-refractivity contribution is 6.30. The lowest BCUT2D eigenvalue weighted by Gasteiger charge is -2.16. The second kappa shape index (κ2) is 8.35. The standard InChI is InChI=1S/C21H23ClN4O/c1-14(2)20-18(13-24-26(20)19-9-4-5-10-23-19)21(27)25-15(3)11-16-7-6-8-17(22)12-16/h4-10,12-15H,11H2,1-3H3,(H,25,27). The molecule has 0 aliphatic carbocycles. The highest BCUT2D eigenvalue weighted by Crippen LogP contribution is 2.22. The van der Waals surface area contributed by atoms with Gasteiger partial charge in [0.25, 0.3) is 5.91 Å². The lowest BCUT2D eigenvalue weighted by atomic mass is 10.0. The Morgan fingerprint density at radius 3 is 2.67 bits per heavy atom. The van der Waals surface area contributed by atoms with E-state index in [1.807, 2.05) is 63.2 Å². The molecule has 3 aromatic rings. The van der Waals surface area contributed by atoms with E-state index in [4.69, 9.17) is 11.6 Å². The number of aromatic nitrogens is 3. The van der Waals surface area contributed by atoms with E-state index in [0.717, 1.165) is 11.3 Å². The summed E-state index contributed by atoms with van der Waals surface area (Å²) in [6.45, 7) is 6.07. The molecule has 0 saturated heterocycles. The Bertz CT molecular complexity index is 921.